The van der Waals surface area contributed by atoms with Crippen molar-refractivity contribution in [3.8, 4) is 0 Å². The summed E-state index contributed by atoms with van der Waals surface area (Å²) in [7, 11) is 0. The van der Waals surface area contributed by atoms with Gasteiger partial charge in [-0.15, -0.1) is 0 Å². The van der Waals surface area contributed by atoms with Crippen molar-refractivity contribution in [3.63, 3.8) is 0 Å². The van der Waals surface area contributed by atoms with Crippen LogP contribution in [0.1, 0.15) is 15.9 Å². The van der Waals surface area contributed by atoms with Gasteiger partial charge in [0.25, 0.3) is 11.6 Å². The molecule has 0 atom stereocenters. The molecule has 0 unspecified atom stereocenters. The number of nitrogens with one attached hydrogen (secondary N) is 1. The largest absolute Gasteiger partial charge is 0.319 e. The van der Waals surface area contributed by atoms with Crippen LogP contribution >= 0.6 is 11.6 Å². The van der Waals surface area contributed by atoms with Crippen molar-refractivity contribution in [2.75, 3.05) is 5.32 Å². The van der Waals surface area contributed by atoms with E-state index in [0.29, 0.717) is 5.69 Å². The number of anilines is 1. The lowest BCUT2D eigenvalue weighted by Crippen LogP contribution is -2.14. The molecule has 0 aliphatic rings. The van der Waals surface area contributed by atoms with Crippen LogP contribution in [0.5, 0.6) is 0 Å². The molecule has 2 rings (SSSR count). The highest BCUT2D eigenvalue weighted by Gasteiger charge is 2.20. The first-order chi connectivity index (χ1) is 9.49. The van der Waals surface area contributed by atoms with Crippen LogP contribution in [0.15, 0.2) is 36.5 Å². The third-order valence-corrected chi connectivity index (χ3v) is 2.87. The van der Waals surface area contributed by atoms with Gasteiger partial charge in [0.05, 0.1) is 10.6 Å². The third-order valence-electron chi connectivity index (χ3n) is 2.57. The quantitative estimate of drug-likeness (QED) is 0.534. The Balaban J connectivity index is 2.33. The molecule has 0 saturated heterocycles. The van der Waals surface area contributed by atoms with Crippen LogP contribution in [0.25, 0.3) is 0 Å². The zero-order valence-electron chi connectivity index (χ0n) is 10.5. The van der Waals surface area contributed by atoms with Crippen LogP contribution in [0, 0.1) is 17.0 Å². The van der Waals surface area contributed by atoms with E-state index in [-0.39, 0.29) is 16.4 Å². The van der Waals surface area contributed by atoms with Crippen molar-refractivity contribution in [2.24, 2.45) is 0 Å². The van der Waals surface area contributed by atoms with E-state index >= 15 is 0 Å². The highest BCUT2D eigenvalue weighted by molar-refractivity contribution is 6.32. The molecule has 1 N–H and O–H groups in total. The van der Waals surface area contributed by atoms with Gasteiger partial charge in [-0.1, -0.05) is 23.7 Å². The second-order valence-electron chi connectivity index (χ2n) is 4.08. The molecule has 1 heterocycles. The summed E-state index contributed by atoms with van der Waals surface area (Å²) in [6, 6.07) is 7.34. The van der Waals surface area contributed by atoms with Crippen molar-refractivity contribution in [1.82, 2.24) is 4.98 Å². The number of aryl methyl sites for hydroxylation is 1. The summed E-state index contributed by atoms with van der Waals surface area (Å²) in [6.45, 7) is 1.80. The fraction of sp³-hybridized carbons (Fsp3) is 0.0769. The molecule has 0 fully saturated rings. The van der Waals surface area contributed by atoms with Crippen LogP contribution in [-0.2, 0) is 0 Å². The molecule has 0 aliphatic heterocycles. The predicted octanol–water partition coefficient (Wildman–Crippen LogP) is 3.20. The Labute approximate surface area is 119 Å². The molecule has 7 heteroatoms. The monoisotopic (exact) mass is 291 g/mol. The van der Waals surface area contributed by atoms with Crippen LogP contribution in [0.2, 0.25) is 5.15 Å². The Morgan fingerprint density at radius 1 is 1.40 bits per heavy atom. The van der Waals surface area contributed by atoms with Crippen LogP contribution in [-0.4, -0.2) is 15.8 Å². The number of hydrogen-bond donors (Lipinski definition) is 1. The van der Waals surface area contributed by atoms with E-state index in [9.17, 15) is 14.9 Å². The zero-order chi connectivity index (χ0) is 14.7. The summed E-state index contributed by atoms with van der Waals surface area (Å²) in [5.74, 6) is -0.605. The van der Waals surface area contributed by atoms with Crippen LogP contribution in [0.3, 0.4) is 0 Å². The SMILES string of the molecule is Cc1cnc(Cl)c(NC(=O)c2ccccc2[N+](=O)[O-])c1. The van der Waals surface area contributed by atoms with Gasteiger partial charge in [-0.3, -0.25) is 14.9 Å². The fourth-order valence-corrected chi connectivity index (χ4v) is 1.81. The van der Waals surface area contributed by atoms with Gasteiger partial charge < -0.3 is 5.32 Å². The maximum Gasteiger partial charge on any atom is 0.282 e. The fourth-order valence-electron chi connectivity index (χ4n) is 1.65. The number of nitro benzene ring substituents is 1. The Kier molecular flexibility index (Phi) is 3.95. The van der Waals surface area contributed by atoms with Crippen LogP contribution < -0.4 is 5.32 Å². The second kappa shape index (κ2) is 5.66. The lowest BCUT2D eigenvalue weighted by molar-refractivity contribution is -0.385. The normalized spacial score (nSPS) is 10.1. The number of carbonyl (C=O) groups excluding carboxylic acids is 1. The number of pyridine rings is 1. The summed E-state index contributed by atoms with van der Waals surface area (Å²) in [4.78, 5) is 26.3. The minimum atomic E-state index is -0.606. The Morgan fingerprint density at radius 3 is 2.80 bits per heavy atom. The molecule has 0 aliphatic carbocycles. The van der Waals surface area contributed by atoms with Crippen molar-refractivity contribution in [3.05, 3.63) is 62.9 Å². The summed E-state index contributed by atoms with van der Waals surface area (Å²) in [5.41, 5.74) is 0.832. The molecule has 1 amide bonds. The van der Waals surface area contributed by atoms with Gasteiger partial charge in [-0.25, -0.2) is 4.98 Å². The van der Waals surface area contributed by atoms with E-state index in [4.69, 9.17) is 11.6 Å². The Hall–Kier alpha value is -2.47. The van der Waals surface area contributed by atoms with E-state index in [1.807, 2.05) is 0 Å². The number of amides is 1. The van der Waals surface area contributed by atoms with Gasteiger partial charge in [0, 0.05) is 12.3 Å². The summed E-state index contributed by atoms with van der Waals surface area (Å²) in [5, 5.41) is 13.5. The summed E-state index contributed by atoms with van der Waals surface area (Å²) < 4.78 is 0. The summed E-state index contributed by atoms with van der Waals surface area (Å²) in [6.07, 6.45) is 1.56. The van der Waals surface area contributed by atoms with Crippen molar-refractivity contribution in [2.45, 2.75) is 6.92 Å². The predicted molar refractivity (Wildman–Crippen MR) is 75.0 cm³/mol. The Morgan fingerprint density at radius 2 is 2.10 bits per heavy atom. The molecule has 0 saturated carbocycles. The average Bonchev–Trinajstić information content (AvgIpc) is 2.42. The summed E-state index contributed by atoms with van der Waals surface area (Å²) >= 11 is 5.87. The lowest BCUT2D eigenvalue weighted by Gasteiger charge is -2.07. The second-order valence-corrected chi connectivity index (χ2v) is 4.44. The van der Waals surface area contributed by atoms with E-state index in [2.05, 4.69) is 10.3 Å². The maximum atomic E-state index is 12.1. The molecule has 102 valence electrons. The molecule has 1 aromatic heterocycles. The number of para-hydroxylation sites is 1. The number of hydrogen-bond acceptors (Lipinski definition) is 4. The molecule has 6 nitrogen and oxygen atoms in total. The van der Waals surface area contributed by atoms with Crippen molar-refractivity contribution in [1.29, 1.82) is 0 Å². The molecule has 0 spiro atoms. The number of halogens is 1. The number of benzene rings is 1. The molecule has 2 aromatic rings. The number of nitro groups is 1. The van der Waals surface area contributed by atoms with Crippen molar-refractivity contribution < 1.29 is 9.72 Å². The van der Waals surface area contributed by atoms with Gasteiger partial charge in [-0.05, 0) is 24.6 Å². The number of aromatic nitrogens is 1. The molecule has 0 radical (unpaired) electrons. The van der Waals surface area contributed by atoms with E-state index in [1.54, 1.807) is 25.3 Å². The number of nitrogens with zero attached hydrogens (tertiary/aromatic N) is 2. The molecule has 1 aromatic carbocycles. The third kappa shape index (κ3) is 2.92. The Bertz CT molecular complexity index is 688. The minimum absolute atomic E-state index is 0.0323. The molecular formula is C13H10ClN3O3. The first kappa shape index (κ1) is 14.0. The van der Waals surface area contributed by atoms with Gasteiger partial charge in [0.2, 0.25) is 0 Å². The molecule has 0 bridgehead atoms. The first-order valence-electron chi connectivity index (χ1n) is 5.66. The average molecular weight is 292 g/mol. The van der Waals surface area contributed by atoms with Crippen molar-refractivity contribution >= 4 is 28.9 Å². The molecule has 20 heavy (non-hydrogen) atoms. The number of rotatable bonds is 3. The minimum Gasteiger partial charge on any atom is -0.319 e. The molecular weight excluding hydrogens is 282 g/mol. The highest BCUT2D eigenvalue weighted by Crippen LogP contribution is 2.23. The van der Waals surface area contributed by atoms with E-state index in [0.717, 1.165) is 5.56 Å². The topological polar surface area (TPSA) is 85.1 Å². The smallest absolute Gasteiger partial charge is 0.282 e. The first-order valence-corrected chi connectivity index (χ1v) is 6.04. The van der Waals surface area contributed by atoms with E-state index < -0.39 is 10.8 Å². The van der Waals surface area contributed by atoms with Crippen LogP contribution in [0.4, 0.5) is 11.4 Å². The van der Waals surface area contributed by atoms with Gasteiger partial charge in [0.15, 0.2) is 5.15 Å². The highest BCUT2D eigenvalue weighted by atomic mass is 35.5. The van der Waals surface area contributed by atoms with Gasteiger partial charge in [0.1, 0.15) is 5.56 Å². The zero-order valence-corrected chi connectivity index (χ0v) is 11.2. The lowest BCUT2D eigenvalue weighted by atomic mass is 10.1. The van der Waals surface area contributed by atoms with E-state index in [1.165, 1.54) is 18.2 Å². The number of carbonyl (C=O) groups is 1. The maximum absolute atomic E-state index is 12.1. The van der Waals surface area contributed by atoms with Gasteiger partial charge in [-0.2, -0.15) is 0 Å². The van der Waals surface area contributed by atoms with Gasteiger partial charge >= 0.3 is 0 Å². The standard InChI is InChI=1S/C13H10ClN3O3/c1-8-6-10(12(14)15-7-8)16-13(18)9-4-2-3-5-11(9)17(19)20/h2-7H,1H3,(H,16,18).